The Morgan fingerprint density at radius 3 is 2.94 bits per heavy atom. The van der Waals surface area contributed by atoms with Gasteiger partial charge in [-0.1, -0.05) is 18.7 Å². The molecule has 0 aliphatic carbocycles. The number of rotatable bonds is 3. The minimum atomic E-state index is -0.0583. The van der Waals surface area contributed by atoms with E-state index in [1.54, 1.807) is 19.3 Å². The minimum absolute atomic E-state index is 0.0583. The first-order valence-corrected chi connectivity index (χ1v) is 6.43. The lowest BCUT2D eigenvalue weighted by atomic mass is 10.3. The average Bonchev–Trinajstić information content (AvgIpc) is 2.83. The van der Waals surface area contributed by atoms with Crippen LogP contribution in [0.1, 0.15) is 18.1 Å². The van der Waals surface area contributed by atoms with Gasteiger partial charge in [0.05, 0.1) is 0 Å². The van der Waals surface area contributed by atoms with Crippen LogP contribution in [0.3, 0.4) is 0 Å². The second-order valence-corrected chi connectivity index (χ2v) is 4.10. The van der Waals surface area contributed by atoms with E-state index in [9.17, 15) is 4.79 Å². The summed E-state index contributed by atoms with van der Waals surface area (Å²) in [6, 6.07) is 3.68. The summed E-state index contributed by atoms with van der Waals surface area (Å²) in [6.45, 7) is 1.80. The van der Waals surface area contributed by atoms with Gasteiger partial charge in [0.15, 0.2) is 11.0 Å². The van der Waals surface area contributed by atoms with Crippen molar-refractivity contribution in [2.75, 3.05) is 6.26 Å². The maximum Gasteiger partial charge on any atom is 0.249 e. The second kappa shape index (κ2) is 5.09. The molecule has 0 aliphatic heterocycles. The van der Waals surface area contributed by atoms with Gasteiger partial charge in [-0.3, -0.25) is 9.78 Å². The summed E-state index contributed by atoms with van der Waals surface area (Å²) in [5.41, 5.74) is 0.811. The van der Waals surface area contributed by atoms with Crippen molar-refractivity contribution in [1.82, 2.24) is 19.7 Å². The second-order valence-electron chi connectivity index (χ2n) is 3.32. The lowest BCUT2D eigenvalue weighted by Gasteiger charge is -1.97. The summed E-state index contributed by atoms with van der Waals surface area (Å²) in [5.74, 6) is 0.473. The molecular formula is C11H12N4OS. The number of thioether (sulfide) groups is 1. The van der Waals surface area contributed by atoms with Crippen molar-refractivity contribution in [3.8, 4) is 11.4 Å². The van der Waals surface area contributed by atoms with Crippen LogP contribution in [-0.2, 0) is 0 Å². The van der Waals surface area contributed by atoms with E-state index >= 15 is 0 Å². The van der Waals surface area contributed by atoms with Gasteiger partial charge in [-0.15, -0.1) is 5.10 Å². The molecule has 17 heavy (non-hydrogen) atoms. The Hall–Kier alpha value is -1.69. The van der Waals surface area contributed by atoms with Crippen LogP contribution in [0, 0.1) is 0 Å². The van der Waals surface area contributed by atoms with E-state index in [4.69, 9.17) is 0 Å². The van der Waals surface area contributed by atoms with Crippen LogP contribution >= 0.6 is 11.8 Å². The first-order valence-electron chi connectivity index (χ1n) is 5.21. The normalized spacial score (nSPS) is 10.5. The zero-order chi connectivity index (χ0) is 12.3. The molecule has 0 radical (unpaired) electrons. The van der Waals surface area contributed by atoms with E-state index in [1.807, 2.05) is 18.4 Å². The monoisotopic (exact) mass is 248 g/mol. The van der Waals surface area contributed by atoms with Crippen LogP contribution in [0.25, 0.3) is 11.4 Å². The zero-order valence-corrected chi connectivity index (χ0v) is 10.4. The molecule has 0 saturated heterocycles. The minimum Gasteiger partial charge on any atom is -0.272 e. The highest BCUT2D eigenvalue weighted by molar-refractivity contribution is 7.98. The van der Waals surface area contributed by atoms with Crippen LogP contribution in [0.2, 0.25) is 0 Å². The van der Waals surface area contributed by atoms with Crippen molar-refractivity contribution in [1.29, 1.82) is 0 Å². The van der Waals surface area contributed by atoms with Gasteiger partial charge in [-0.25, -0.2) is 4.98 Å². The molecule has 88 valence electrons. The molecule has 2 heterocycles. The Morgan fingerprint density at radius 2 is 2.35 bits per heavy atom. The Morgan fingerprint density at radius 1 is 1.53 bits per heavy atom. The van der Waals surface area contributed by atoms with Crippen LogP contribution < -0.4 is 0 Å². The predicted octanol–water partition coefficient (Wildman–Crippen LogP) is 2.11. The molecule has 0 bridgehead atoms. The fourth-order valence-electron chi connectivity index (χ4n) is 1.36. The lowest BCUT2D eigenvalue weighted by molar-refractivity contribution is 0.0881. The molecule has 2 aromatic heterocycles. The first-order chi connectivity index (χ1) is 8.26. The van der Waals surface area contributed by atoms with E-state index in [2.05, 4.69) is 15.1 Å². The third kappa shape index (κ3) is 2.36. The average molecular weight is 248 g/mol. The molecule has 0 N–H and O–H groups in total. The van der Waals surface area contributed by atoms with Gasteiger partial charge >= 0.3 is 0 Å². The first kappa shape index (κ1) is 11.8. The molecule has 0 saturated carbocycles. The van der Waals surface area contributed by atoms with Gasteiger partial charge in [0.25, 0.3) is 0 Å². The van der Waals surface area contributed by atoms with Crippen LogP contribution in [0.4, 0.5) is 0 Å². The Balaban J connectivity index is 2.45. The molecule has 0 amide bonds. The van der Waals surface area contributed by atoms with Gasteiger partial charge in [0, 0.05) is 24.4 Å². The smallest absolute Gasteiger partial charge is 0.249 e. The van der Waals surface area contributed by atoms with Gasteiger partial charge in [0.2, 0.25) is 5.91 Å². The summed E-state index contributed by atoms with van der Waals surface area (Å²) in [5, 5.41) is 4.82. The highest BCUT2D eigenvalue weighted by Gasteiger charge is 2.14. The molecule has 0 spiro atoms. The largest absolute Gasteiger partial charge is 0.272 e. The van der Waals surface area contributed by atoms with Crippen LogP contribution in [-0.4, -0.2) is 31.9 Å². The third-order valence-electron chi connectivity index (χ3n) is 2.22. The van der Waals surface area contributed by atoms with Crippen molar-refractivity contribution in [2.45, 2.75) is 18.5 Å². The van der Waals surface area contributed by atoms with Crippen molar-refractivity contribution in [2.24, 2.45) is 0 Å². The Kier molecular flexibility index (Phi) is 3.53. The molecular weight excluding hydrogens is 236 g/mol. The number of nitrogens with zero attached hydrogens (tertiary/aromatic N) is 4. The number of pyridine rings is 1. The molecule has 0 aromatic carbocycles. The highest BCUT2D eigenvalue weighted by Crippen LogP contribution is 2.19. The summed E-state index contributed by atoms with van der Waals surface area (Å²) in [6.07, 6.45) is 5.65. The van der Waals surface area contributed by atoms with E-state index < -0.39 is 0 Å². The summed E-state index contributed by atoms with van der Waals surface area (Å²) in [7, 11) is 0. The van der Waals surface area contributed by atoms with E-state index in [0.717, 1.165) is 5.56 Å². The highest BCUT2D eigenvalue weighted by atomic mass is 32.2. The van der Waals surface area contributed by atoms with Gasteiger partial charge in [-0.2, -0.15) is 4.68 Å². The number of hydrogen-bond acceptors (Lipinski definition) is 5. The number of aromatic nitrogens is 4. The lowest BCUT2D eigenvalue weighted by Crippen LogP contribution is -2.11. The molecule has 0 unspecified atom stereocenters. The molecule has 0 fully saturated rings. The fraction of sp³-hybridized carbons (Fsp3) is 0.273. The molecule has 5 nitrogen and oxygen atoms in total. The zero-order valence-electron chi connectivity index (χ0n) is 9.62. The number of carbonyl (C=O) groups is 1. The quantitative estimate of drug-likeness (QED) is 0.778. The van der Waals surface area contributed by atoms with Crippen molar-refractivity contribution >= 4 is 17.7 Å². The van der Waals surface area contributed by atoms with E-state index in [1.165, 1.54) is 16.4 Å². The van der Waals surface area contributed by atoms with E-state index in [-0.39, 0.29) is 5.91 Å². The molecule has 6 heteroatoms. The summed E-state index contributed by atoms with van der Waals surface area (Å²) < 4.78 is 1.35. The van der Waals surface area contributed by atoms with E-state index in [0.29, 0.717) is 17.4 Å². The molecule has 0 atom stereocenters. The number of carbonyl (C=O) groups excluding carboxylic acids is 1. The van der Waals surface area contributed by atoms with Gasteiger partial charge in [-0.05, 0) is 18.4 Å². The third-order valence-corrected chi connectivity index (χ3v) is 2.85. The van der Waals surface area contributed by atoms with Crippen molar-refractivity contribution < 1.29 is 4.79 Å². The van der Waals surface area contributed by atoms with Crippen molar-refractivity contribution in [3.63, 3.8) is 0 Å². The van der Waals surface area contributed by atoms with Crippen molar-refractivity contribution in [3.05, 3.63) is 24.5 Å². The molecule has 0 aliphatic rings. The number of hydrogen-bond donors (Lipinski definition) is 0. The Bertz CT molecular complexity index is 524. The van der Waals surface area contributed by atoms with Crippen LogP contribution in [0.15, 0.2) is 29.7 Å². The summed E-state index contributed by atoms with van der Waals surface area (Å²) in [4.78, 5) is 20.0. The van der Waals surface area contributed by atoms with Gasteiger partial charge < -0.3 is 0 Å². The fourth-order valence-corrected chi connectivity index (χ4v) is 1.85. The molecule has 2 aromatic rings. The maximum atomic E-state index is 11.7. The topological polar surface area (TPSA) is 60.7 Å². The summed E-state index contributed by atoms with van der Waals surface area (Å²) >= 11 is 1.40. The predicted molar refractivity (Wildman–Crippen MR) is 66.0 cm³/mol. The Labute approximate surface area is 103 Å². The standard InChI is InChI=1S/C11H12N4OS/c1-3-9(16)15-11(17-2)13-10(14-15)8-5-4-6-12-7-8/h4-7H,3H2,1-2H3. The SMILES string of the molecule is CCC(=O)n1nc(-c2cccnc2)nc1SC. The maximum absolute atomic E-state index is 11.7. The van der Waals surface area contributed by atoms with Crippen LogP contribution in [0.5, 0.6) is 0 Å². The van der Waals surface area contributed by atoms with Gasteiger partial charge in [0.1, 0.15) is 0 Å². The molecule has 2 rings (SSSR count).